The number of carbonyl (C=O) groups is 1. The fourth-order valence-corrected chi connectivity index (χ4v) is 3.04. The molecular weight excluding hydrogens is 264 g/mol. The van der Waals surface area contributed by atoms with Crippen molar-refractivity contribution >= 4 is 16.8 Å². The van der Waals surface area contributed by atoms with Crippen molar-refractivity contribution in [1.82, 2.24) is 9.80 Å². The Morgan fingerprint density at radius 3 is 2.95 bits per heavy atom. The zero-order valence-corrected chi connectivity index (χ0v) is 12.7. The highest BCUT2D eigenvalue weighted by atomic mass is 16.3. The molecule has 4 heteroatoms. The molecule has 3 rings (SSSR count). The lowest BCUT2D eigenvalue weighted by molar-refractivity contribution is 0.0875. The van der Waals surface area contributed by atoms with E-state index in [9.17, 15) is 4.79 Å². The Labute approximate surface area is 125 Å². The van der Waals surface area contributed by atoms with Crippen LogP contribution in [-0.2, 0) is 0 Å². The van der Waals surface area contributed by atoms with Gasteiger partial charge in [0.15, 0.2) is 5.76 Å². The van der Waals surface area contributed by atoms with E-state index in [1.807, 2.05) is 30.3 Å². The van der Waals surface area contributed by atoms with E-state index in [4.69, 9.17) is 4.42 Å². The molecule has 21 heavy (non-hydrogen) atoms. The van der Waals surface area contributed by atoms with E-state index in [0.29, 0.717) is 18.3 Å². The average Bonchev–Trinajstić information content (AvgIpc) is 2.83. The summed E-state index contributed by atoms with van der Waals surface area (Å²) in [4.78, 5) is 17.1. The van der Waals surface area contributed by atoms with Crippen LogP contribution < -0.4 is 0 Å². The Morgan fingerprint density at radius 2 is 2.14 bits per heavy atom. The van der Waals surface area contributed by atoms with Crippen LogP contribution in [0.5, 0.6) is 0 Å². The van der Waals surface area contributed by atoms with Crippen LogP contribution >= 0.6 is 0 Å². The summed E-state index contributed by atoms with van der Waals surface area (Å²) in [5.41, 5.74) is 0.782. The summed E-state index contributed by atoms with van der Waals surface area (Å²) < 4.78 is 5.67. The zero-order valence-electron chi connectivity index (χ0n) is 12.7. The minimum atomic E-state index is 0.0719. The molecule has 2 aromatic rings. The predicted molar refractivity (Wildman–Crippen MR) is 83.7 cm³/mol. The number of nitrogens with zero attached hydrogens (tertiary/aromatic N) is 2. The number of rotatable bonds is 3. The number of fused-ring (bicyclic) bond motifs is 1. The summed E-state index contributed by atoms with van der Waals surface area (Å²) in [6.45, 7) is 5.70. The quantitative estimate of drug-likeness (QED) is 0.813. The molecule has 1 saturated heterocycles. The van der Waals surface area contributed by atoms with Gasteiger partial charge in [0.2, 0.25) is 5.78 Å². The molecule has 1 aliphatic heterocycles. The number of ketones is 1. The highest BCUT2D eigenvalue weighted by Crippen LogP contribution is 2.20. The molecule has 4 nitrogen and oxygen atoms in total. The van der Waals surface area contributed by atoms with Crippen molar-refractivity contribution in [3.63, 3.8) is 0 Å². The second kappa shape index (κ2) is 6.00. The predicted octanol–water partition coefficient (Wildman–Crippen LogP) is 2.64. The minimum Gasteiger partial charge on any atom is -0.453 e. The van der Waals surface area contributed by atoms with Crippen molar-refractivity contribution in [2.75, 3.05) is 33.2 Å². The maximum Gasteiger partial charge on any atom is 0.211 e. The van der Waals surface area contributed by atoms with Gasteiger partial charge in [-0.15, -0.1) is 0 Å². The van der Waals surface area contributed by atoms with Gasteiger partial charge in [-0.3, -0.25) is 9.69 Å². The van der Waals surface area contributed by atoms with Crippen LogP contribution in [0.15, 0.2) is 34.7 Å². The second-order valence-corrected chi connectivity index (χ2v) is 6.01. The second-order valence-electron chi connectivity index (χ2n) is 6.01. The van der Waals surface area contributed by atoms with Crippen LogP contribution in [0.2, 0.25) is 0 Å². The van der Waals surface area contributed by atoms with Crippen LogP contribution in [-0.4, -0.2) is 54.9 Å². The Kier molecular flexibility index (Phi) is 4.08. The average molecular weight is 286 g/mol. The molecule has 1 unspecified atom stereocenters. The molecule has 0 spiro atoms. The monoisotopic (exact) mass is 286 g/mol. The molecule has 0 bridgehead atoms. The first kappa shape index (κ1) is 14.3. The first-order valence-electron chi connectivity index (χ1n) is 7.58. The van der Waals surface area contributed by atoms with E-state index in [2.05, 4.69) is 23.8 Å². The fourth-order valence-electron chi connectivity index (χ4n) is 3.04. The zero-order chi connectivity index (χ0) is 14.8. The van der Waals surface area contributed by atoms with Gasteiger partial charge in [0, 0.05) is 24.5 Å². The third-order valence-corrected chi connectivity index (χ3v) is 4.23. The molecule has 0 amide bonds. The number of Topliss-reactive ketones (excluding diaryl/α,β-unsaturated/α-hetero) is 1. The Balaban J connectivity index is 1.73. The molecule has 0 aliphatic carbocycles. The van der Waals surface area contributed by atoms with Crippen molar-refractivity contribution in [3.8, 4) is 0 Å². The molecule has 1 aliphatic rings. The van der Waals surface area contributed by atoms with E-state index >= 15 is 0 Å². The van der Waals surface area contributed by atoms with Gasteiger partial charge in [-0.05, 0) is 39.1 Å². The summed E-state index contributed by atoms with van der Waals surface area (Å²) in [5.74, 6) is 0.545. The van der Waals surface area contributed by atoms with Gasteiger partial charge in [0.1, 0.15) is 5.58 Å². The molecule has 2 heterocycles. The summed E-state index contributed by atoms with van der Waals surface area (Å²) in [6.07, 6.45) is 1.11. The lowest BCUT2D eigenvalue weighted by Gasteiger charge is -2.26. The lowest BCUT2D eigenvalue weighted by atomic mass is 10.2. The minimum absolute atomic E-state index is 0.0719. The van der Waals surface area contributed by atoms with E-state index in [1.165, 1.54) is 0 Å². The van der Waals surface area contributed by atoms with Crippen molar-refractivity contribution in [1.29, 1.82) is 0 Å². The van der Waals surface area contributed by atoms with Crippen molar-refractivity contribution in [3.05, 3.63) is 36.1 Å². The van der Waals surface area contributed by atoms with Crippen molar-refractivity contribution in [2.45, 2.75) is 19.4 Å². The van der Waals surface area contributed by atoms with E-state index in [-0.39, 0.29) is 5.78 Å². The van der Waals surface area contributed by atoms with Crippen LogP contribution in [0.1, 0.15) is 23.9 Å². The molecule has 112 valence electrons. The molecular formula is C17H22N2O2. The van der Waals surface area contributed by atoms with Gasteiger partial charge in [0.25, 0.3) is 0 Å². The van der Waals surface area contributed by atoms with Crippen LogP contribution in [0.3, 0.4) is 0 Å². The van der Waals surface area contributed by atoms with Gasteiger partial charge in [0.05, 0.1) is 6.54 Å². The van der Waals surface area contributed by atoms with Crippen LogP contribution in [0, 0.1) is 0 Å². The van der Waals surface area contributed by atoms with Crippen LogP contribution in [0.25, 0.3) is 11.0 Å². The van der Waals surface area contributed by atoms with Gasteiger partial charge in [-0.2, -0.15) is 0 Å². The van der Waals surface area contributed by atoms with Crippen LogP contribution in [0.4, 0.5) is 0 Å². The molecule has 0 saturated carbocycles. The standard InChI is InChI=1S/C17H22N2O2/c1-13-11-18(2)8-5-9-19(13)12-15(20)17-10-14-6-3-4-7-16(14)21-17/h3-4,6-7,10,13H,5,8-9,11-12H2,1-2H3. The van der Waals surface area contributed by atoms with E-state index in [0.717, 1.165) is 37.0 Å². The highest BCUT2D eigenvalue weighted by molar-refractivity contribution is 5.98. The summed E-state index contributed by atoms with van der Waals surface area (Å²) in [6, 6.07) is 10.00. The summed E-state index contributed by atoms with van der Waals surface area (Å²) >= 11 is 0. The molecule has 1 fully saturated rings. The largest absolute Gasteiger partial charge is 0.453 e. The Morgan fingerprint density at radius 1 is 1.33 bits per heavy atom. The molecule has 0 N–H and O–H groups in total. The number of para-hydroxylation sites is 1. The number of hydrogen-bond acceptors (Lipinski definition) is 4. The first-order chi connectivity index (χ1) is 10.1. The third-order valence-electron chi connectivity index (χ3n) is 4.23. The third kappa shape index (κ3) is 3.17. The SMILES string of the molecule is CC1CN(C)CCCN1CC(=O)c1cc2ccccc2o1. The van der Waals surface area contributed by atoms with E-state index < -0.39 is 0 Å². The van der Waals surface area contributed by atoms with Crippen molar-refractivity contribution in [2.24, 2.45) is 0 Å². The van der Waals surface area contributed by atoms with E-state index in [1.54, 1.807) is 0 Å². The number of hydrogen-bond donors (Lipinski definition) is 0. The maximum atomic E-state index is 12.5. The molecule has 1 aromatic heterocycles. The Bertz CT molecular complexity index is 602. The Hall–Kier alpha value is -1.65. The maximum absolute atomic E-state index is 12.5. The fraction of sp³-hybridized carbons (Fsp3) is 0.471. The number of carbonyl (C=O) groups excluding carboxylic acids is 1. The first-order valence-corrected chi connectivity index (χ1v) is 7.58. The molecule has 0 radical (unpaired) electrons. The smallest absolute Gasteiger partial charge is 0.211 e. The summed E-state index contributed by atoms with van der Waals surface area (Å²) in [7, 11) is 2.14. The van der Waals surface area contributed by atoms with Gasteiger partial charge < -0.3 is 9.32 Å². The highest BCUT2D eigenvalue weighted by Gasteiger charge is 2.23. The number of benzene rings is 1. The molecule has 1 aromatic carbocycles. The molecule has 1 atom stereocenters. The number of likely N-dealkylation sites (N-methyl/N-ethyl adjacent to an activating group) is 1. The number of furan rings is 1. The van der Waals surface area contributed by atoms with Gasteiger partial charge in [-0.1, -0.05) is 18.2 Å². The van der Waals surface area contributed by atoms with Gasteiger partial charge >= 0.3 is 0 Å². The topological polar surface area (TPSA) is 36.7 Å². The summed E-state index contributed by atoms with van der Waals surface area (Å²) in [5, 5.41) is 0.990. The normalized spacial score (nSPS) is 21.5. The van der Waals surface area contributed by atoms with Crippen molar-refractivity contribution < 1.29 is 9.21 Å². The lowest BCUT2D eigenvalue weighted by Crippen LogP contribution is -2.40. The van der Waals surface area contributed by atoms with Gasteiger partial charge in [-0.25, -0.2) is 0 Å².